The minimum absolute atomic E-state index is 0.0459. The van der Waals surface area contributed by atoms with E-state index in [1.807, 2.05) is 0 Å². The molecule has 1 aromatic heterocycles. The first-order valence-electron chi connectivity index (χ1n) is 7.09. The number of hydrogen-bond donors (Lipinski definition) is 2. The summed E-state index contributed by atoms with van der Waals surface area (Å²) < 4.78 is 43.0. The Hall–Kier alpha value is -2.03. The molecule has 7 nitrogen and oxygen atoms in total. The van der Waals surface area contributed by atoms with E-state index in [1.165, 1.54) is 12.1 Å². The first-order chi connectivity index (χ1) is 11.0. The average Bonchev–Trinajstić information content (AvgIpc) is 2.99. The molecule has 1 aliphatic heterocycles. The molecule has 0 spiro atoms. The van der Waals surface area contributed by atoms with E-state index in [4.69, 9.17) is 13.9 Å². The Morgan fingerprint density at radius 2 is 1.91 bits per heavy atom. The van der Waals surface area contributed by atoms with Crippen LogP contribution in [-0.2, 0) is 10.0 Å². The van der Waals surface area contributed by atoms with Gasteiger partial charge in [0, 0.05) is 12.6 Å². The maximum absolute atomic E-state index is 12.3. The minimum Gasteiger partial charge on any atom is -0.486 e. The topological polar surface area (TPSA) is 98.0 Å². The van der Waals surface area contributed by atoms with Crippen molar-refractivity contribution in [3.05, 3.63) is 41.9 Å². The van der Waals surface area contributed by atoms with E-state index in [9.17, 15) is 13.5 Å². The van der Waals surface area contributed by atoms with Crippen LogP contribution in [0.3, 0.4) is 0 Å². The number of furan rings is 1. The maximum atomic E-state index is 12.3. The summed E-state index contributed by atoms with van der Waals surface area (Å²) in [5.41, 5.74) is 0. The summed E-state index contributed by atoms with van der Waals surface area (Å²) >= 11 is 0. The summed E-state index contributed by atoms with van der Waals surface area (Å²) in [6.07, 6.45) is -1.06. The van der Waals surface area contributed by atoms with Gasteiger partial charge in [-0.2, -0.15) is 0 Å². The van der Waals surface area contributed by atoms with Crippen molar-refractivity contribution in [1.29, 1.82) is 0 Å². The highest BCUT2D eigenvalue weighted by Crippen LogP contribution is 2.32. The SMILES string of the molecule is Cc1ccc([C@H](O)CNS(=O)(=O)c2ccc3c(c2)OCCO3)o1. The molecule has 2 heterocycles. The van der Waals surface area contributed by atoms with E-state index in [1.54, 1.807) is 25.1 Å². The number of hydrogen-bond acceptors (Lipinski definition) is 6. The molecule has 3 rings (SSSR count). The third-order valence-electron chi connectivity index (χ3n) is 3.38. The van der Waals surface area contributed by atoms with Gasteiger partial charge in [0.05, 0.1) is 4.90 Å². The van der Waals surface area contributed by atoms with Crippen molar-refractivity contribution in [2.45, 2.75) is 17.9 Å². The van der Waals surface area contributed by atoms with E-state index in [-0.39, 0.29) is 11.4 Å². The second kappa shape index (κ2) is 6.23. The van der Waals surface area contributed by atoms with Crippen LogP contribution in [0.4, 0.5) is 0 Å². The van der Waals surface area contributed by atoms with E-state index in [2.05, 4.69) is 4.72 Å². The Morgan fingerprint density at radius 3 is 2.61 bits per heavy atom. The van der Waals surface area contributed by atoms with Crippen LogP contribution in [0.25, 0.3) is 0 Å². The monoisotopic (exact) mass is 339 g/mol. The molecule has 124 valence electrons. The third-order valence-corrected chi connectivity index (χ3v) is 4.80. The van der Waals surface area contributed by atoms with Crippen molar-refractivity contribution in [2.24, 2.45) is 0 Å². The molecule has 0 aliphatic carbocycles. The van der Waals surface area contributed by atoms with Crippen LogP contribution in [-0.4, -0.2) is 33.3 Å². The van der Waals surface area contributed by atoms with Gasteiger partial charge in [0.25, 0.3) is 0 Å². The first-order valence-corrected chi connectivity index (χ1v) is 8.58. The Bertz CT molecular complexity index is 798. The molecular formula is C15H17NO6S. The second-order valence-corrected chi connectivity index (χ2v) is 6.89. The largest absolute Gasteiger partial charge is 0.486 e. The van der Waals surface area contributed by atoms with E-state index >= 15 is 0 Å². The number of sulfonamides is 1. The highest BCUT2D eigenvalue weighted by Gasteiger charge is 2.21. The van der Waals surface area contributed by atoms with Crippen LogP contribution >= 0.6 is 0 Å². The van der Waals surface area contributed by atoms with Gasteiger partial charge in [-0.25, -0.2) is 13.1 Å². The lowest BCUT2D eigenvalue weighted by molar-refractivity contribution is 0.152. The number of aliphatic hydroxyl groups excluding tert-OH is 1. The second-order valence-electron chi connectivity index (χ2n) is 5.12. The summed E-state index contributed by atoms with van der Waals surface area (Å²) in [5, 5.41) is 9.97. The zero-order valence-corrected chi connectivity index (χ0v) is 13.3. The molecule has 2 aromatic rings. The highest BCUT2D eigenvalue weighted by atomic mass is 32.2. The van der Waals surface area contributed by atoms with Gasteiger partial charge in [-0.05, 0) is 31.2 Å². The van der Waals surface area contributed by atoms with Crippen molar-refractivity contribution in [2.75, 3.05) is 19.8 Å². The molecule has 0 fully saturated rings. The Labute approximate surface area is 133 Å². The third kappa shape index (κ3) is 3.49. The molecular weight excluding hydrogens is 322 g/mol. The fourth-order valence-corrected chi connectivity index (χ4v) is 3.25. The quantitative estimate of drug-likeness (QED) is 0.854. The highest BCUT2D eigenvalue weighted by molar-refractivity contribution is 7.89. The predicted molar refractivity (Wildman–Crippen MR) is 81.0 cm³/mol. The lowest BCUT2D eigenvalue weighted by Crippen LogP contribution is -2.28. The Kier molecular flexibility index (Phi) is 4.29. The molecule has 8 heteroatoms. The lowest BCUT2D eigenvalue weighted by Gasteiger charge is -2.19. The summed E-state index contributed by atoms with van der Waals surface area (Å²) in [6, 6.07) is 7.70. The van der Waals surface area contributed by atoms with Crippen molar-refractivity contribution in [3.63, 3.8) is 0 Å². The van der Waals surface area contributed by atoms with Crippen LogP contribution in [0, 0.1) is 6.92 Å². The lowest BCUT2D eigenvalue weighted by atomic mass is 10.3. The van der Waals surface area contributed by atoms with Gasteiger partial charge in [0.15, 0.2) is 11.5 Å². The molecule has 23 heavy (non-hydrogen) atoms. The van der Waals surface area contributed by atoms with Crippen molar-refractivity contribution < 1.29 is 27.4 Å². The van der Waals surface area contributed by atoms with Crippen LogP contribution in [0.15, 0.2) is 39.6 Å². The van der Waals surface area contributed by atoms with Gasteiger partial charge in [0.2, 0.25) is 10.0 Å². The maximum Gasteiger partial charge on any atom is 0.240 e. The molecule has 0 unspecified atom stereocenters. The zero-order chi connectivity index (χ0) is 16.4. The predicted octanol–water partition coefficient (Wildman–Crippen LogP) is 1.37. The van der Waals surface area contributed by atoms with Crippen molar-refractivity contribution in [1.82, 2.24) is 4.72 Å². The van der Waals surface area contributed by atoms with Gasteiger partial charge in [0.1, 0.15) is 30.8 Å². The molecule has 0 saturated carbocycles. The summed E-state index contributed by atoms with van der Waals surface area (Å²) in [7, 11) is -3.78. The number of rotatable bonds is 5. The van der Waals surface area contributed by atoms with Gasteiger partial charge in [-0.1, -0.05) is 0 Å². The molecule has 0 bridgehead atoms. The molecule has 2 N–H and O–H groups in total. The number of aliphatic hydroxyl groups is 1. The average molecular weight is 339 g/mol. The normalized spacial score (nSPS) is 15.4. The van der Waals surface area contributed by atoms with Crippen LogP contribution in [0.2, 0.25) is 0 Å². The molecule has 1 atom stereocenters. The fraction of sp³-hybridized carbons (Fsp3) is 0.333. The number of benzene rings is 1. The van der Waals surface area contributed by atoms with Crippen LogP contribution < -0.4 is 14.2 Å². The van der Waals surface area contributed by atoms with E-state index in [0.29, 0.717) is 36.2 Å². The molecule has 0 saturated heterocycles. The van der Waals surface area contributed by atoms with Crippen LogP contribution in [0.1, 0.15) is 17.6 Å². The first kappa shape index (κ1) is 15.9. The molecule has 1 aromatic carbocycles. The summed E-state index contributed by atoms with van der Waals surface area (Å²) in [4.78, 5) is 0.0459. The smallest absolute Gasteiger partial charge is 0.240 e. The number of ether oxygens (including phenoxy) is 2. The zero-order valence-electron chi connectivity index (χ0n) is 12.5. The Balaban J connectivity index is 1.71. The number of aryl methyl sites for hydroxylation is 1. The van der Waals surface area contributed by atoms with Crippen molar-refractivity contribution in [3.8, 4) is 11.5 Å². The van der Waals surface area contributed by atoms with Crippen LogP contribution in [0.5, 0.6) is 11.5 Å². The van der Waals surface area contributed by atoms with Gasteiger partial charge in [-0.3, -0.25) is 0 Å². The van der Waals surface area contributed by atoms with Crippen molar-refractivity contribution >= 4 is 10.0 Å². The van der Waals surface area contributed by atoms with E-state index in [0.717, 1.165) is 0 Å². The fourth-order valence-electron chi connectivity index (χ4n) is 2.20. The summed E-state index contributed by atoms with van der Waals surface area (Å²) in [5.74, 6) is 1.86. The van der Waals surface area contributed by atoms with Gasteiger partial charge >= 0.3 is 0 Å². The van der Waals surface area contributed by atoms with E-state index < -0.39 is 16.1 Å². The number of fused-ring (bicyclic) bond motifs is 1. The van der Waals surface area contributed by atoms with Gasteiger partial charge < -0.3 is 19.0 Å². The Morgan fingerprint density at radius 1 is 1.17 bits per heavy atom. The molecule has 1 aliphatic rings. The summed E-state index contributed by atoms with van der Waals surface area (Å²) in [6.45, 7) is 2.37. The number of nitrogens with one attached hydrogen (secondary N) is 1. The molecule has 0 amide bonds. The standard InChI is InChI=1S/C15H17NO6S/c1-10-2-4-13(22-10)12(17)9-16-23(18,19)11-3-5-14-15(8-11)21-7-6-20-14/h2-5,8,12,16-17H,6-7,9H2,1H3/t12-/m1/s1. The molecule has 0 radical (unpaired) electrons. The van der Waals surface area contributed by atoms with Gasteiger partial charge in [-0.15, -0.1) is 0 Å². The minimum atomic E-state index is -3.78.